The summed E-state index contributed by atoms with van der Waals surface area (Å²) in [6.45, 7) is 0.653. The molecule has 0 aromatic carbocycles. The predicted octanol–water partition coefficient (Wildman–Crippen LogP) is 1.34. The Morgan fingerprint density at radius 2 is 1.73 bits per heavy atom. The lowest BCUT2D eigenvalue weighted by atomic mass is 10.1. The van der Waals surface area contributed by atoms with E-state index in [1.54, 1.807) is 0 Å². The summed E-state index contributed by atoms with van der Waals surface area (Å²) in [5.74, 6) is 1.22. The van der Waals surface area contributed by atoms with Crippen LogP contribution < -0.4 is 5.32 Å². The van der Waals surface area contributed by atoms with Gasteiger partial charge in [-0.3, -0.25) is 0 Å². The minimum absolute atomic E-state index is 0.333. The van der Waals surface area contributed by atoms with Crippen LogP contribution in [-0.4, -0.2) is 32.5 Å². The van der Waals surface area contributed by atoms with Gasteiger partial charge in [-0.25, -0.2) is 8.42 Å². The lowest BCUT2D eigenvalue weighted by Crippen LogP contribution is -2.27. The molecule has 4 heteroatoms. The van der Waals surface area contributed by atoms with Crippen molar-refractivity contribution in [1.82, 2.24) is 5.32 Å². The smallest absolute Gasteiger partial charge is 0.151 e. The summed E-state index contributed by atoms with van der Waals surface area (Å²) in [4.78, 5) is 0. The van der Waals surface area contributed by atoms with Crippen molar-refractivity contribution in [2.45, 2.75) is 44.6 Å². The van der Waals surface area contributed by atoms with Gasteiger partial charge < -0.3 is 5.32 Å². The molecule has 2 saturated carbocycles. The molecule has 0 atom stereocenters. The topological polar surface area (TPSA) is 46.2 Å². The van der Waals surface area contributed by atoms with Crippen LogP contribution >= 0.6 is 0 Å². The molecule has 1 N–H and O–H groups in total. The molecule has 15 heavy (non-hydrogen) atoms. The van der Waals surface area contributed by atoms with Crippen LogP contribution in [0.4, 0.5) is 0 Å². The van der Waals surface area contributed by atoms with Gasteiger partial charge in [0.2, 0.25) is 0 Å². The zero-order valence-corrected chi connectivity index (χ0v) is 10.1. The third-order valence-corrected chi connectivity index (χ3v) is 5.19. The fourth-order valence-electron chi connectivity index (χ4n) is 2.33. The number of nitrogens with one attached hydrogen (secondary N) is 1. The SMILES string of the molecule is O=S(=O)(CCNC1CC1)CC1CCCC1. The molecule has 2 aliphatic rings. The van der Waals surface area contributed by atoms with Gasteiger partial charge in [-0.2, -0.15) is 0 Å². The van der Waals surface area contributed by atoms with Gasteiger partial charge in [-0.15, -0.1) is 0 Å². The zero-order chi connectivity index (χ0) is 10.7. The number of sulfone groups is 1. The van der Waals surface area contributed by atoms with Gasteiger partial charge in [0, 0.05) is 12.6 Å². The fraction of sp³-hybridized carbons (Fsp3) is 1.00. The van der Waals surface area contributed by atoms with Gasteiger partial charge in [0.05, 0.1) is 11.5 Å². The number of hydrogen-bond acceptors (Lipinski definition) is 3. The second-order valence-corrected chi connectivity index (χ2v) is 7.22. The summed E-state index contributed by atoms with van der Waals surface area (Å²) in [7, 11) is -2.80. The monoisotopic (exact) mass is 231 g/mol. The van der Waals surface area contributed by atoms with Crippen molar-refractivity contribution in [3.8, 4) is 0 Å². The van der Waals surface area contributed by atoms with Crippen LogP contribution in [0.3, 0.4) is 0 Å². The first-order valence-corrected chi connectivity index (χ1v) is 7.92. The Morgan fingerprint density at radius 1 is 1.07 bits per heavy atom. The van der Waals surface area contributed by atoms with Crippen molar-refractivity contribution in [3.63, 3.8) is 0 Å². The Hall–Kier alpha value is -0.0900. The molecule has 0 aromatic heterocycles. The van der Waals surface area contributed by atoms with Gasteiger partial charge in [-0.1, -0.05) is 12.8 Å². The minimum Gasteiger partial charge on any atom is -0.313 e. The lowest BCUT2D eigenvalue weighted by molar-refractivity contribution is 0.555. The van der Waals surface area contributed by atoms with E-state index >= 15 is 0 Å². The normalized spacial score (nSPS) is 23.5. The maximum absolute atomic E-state index is 11.7. The molecule has 0 aromatic rings. The van der Waals surface area contributed by atoms with E-state index in [0.29, 0.717) is 30.0 Å². The van der Waals surface area contributed by atoms with Gasteiger partial charge in [0.1, 0.15) is 0 Å². The molecule has 0 aliphatic heterocycles. The maximum Gasteiger partial charge on any atom is 0.151 e. The highest BCUT2D eigenvalue weighted by atomic mass is 32.2. The molecule has 0 heterocycles. The molecule has 0 unspecified atom stereocenters. The Balaban J connectivity index is 1.67. The minimum atomic E-state index is -2.80. The van der Waals surface area contributed by atoms with Crippen LogP contribution in [0, 0.1) is 5.92 Å². The van der Waals surface area contributed by atoms with Crippen LogP contribution in [-0.2, 0) is 9.84 Å². The number of rotatable bonds is 6. The van der Waals surface area contributed by atoms with E-state index in [0.717, 1.165) is 12.8 Å². The summed E-state index contributed by atoms with van der Waals surface area (Å²) < 4.78 is 23.5. The molecule has 2 aliphatic carbocycles. The third kappa shape index (κ3) is 4.11. The van der Waals surface area contributed by atoms with Crippen LogP contribution in [0.2, 0.25) is 0 Å². The first-order chi connectivity index (χ1) is 7.16. The molecule has 88 valence electrons. The Kier molecular flexibility index (Phi) is 3.67. The largest absolute Gasteiger partial charge is 0.313 e. The van der Waals surface area contributed by atoms with Crippen molar-refractivity contribution in [2.24, 2.45) is 5.92 Å². The van der Waals surface area contributed by atoms with E-state index in [4.69, 9.17) is 0 Å². The highest BCUT2D eigenvalue weighted by Crippen LogP contribution is 2.26. The summed E-state index contributed by atoms with van der Waals surface area (Å²) >= 11 is 0. The summed E-state index contributed by atoms with van der Waals surface area (Å²) in [6.07, 6.45) is 7.14. The Labute approximate surface area is 92.6 Å². The van der Waals surface area contributed by atoms with Crippen LogP contribution in [0.25, 0.3) is 0 Å². The Bertz CT molecular complexity index is 290. The first kappa shape index (κ1) is 11.4. The van der Waals surface area contributed by atoms with E-state index in [1.165, 1.54) is 25.7 Å². The lowest BCUT2D eigenvalue weighted by Gasteiger charge is -2.10. The highest BCUT2D eigenvalue weighted by molar-refractivity contribution is 7.91. The predicted molar refractivity (Wildman–Crippen MR) is 61.6 cm³/mol. The summed E-state index contributed by atoms with van der Waals surface area (Å²) in [5, 5.41) is 3.26. The van der Waals surface area contributed by atoms with E-state index in [9.17, 15) is 8.42 Å². The number of hydrogen-bond donors (Lipinski definition) is 1. The fourth-order valence-corrected chi connectivity index (χ4v) is 3.97. The molecule has 0 radical (unpaired) electrons. The Morgan fingerprint density at radius 3 is 2.33 bits per heavy atom. The van der Waals surface area contributed by atoms with Gasteiger partial charge >= 0.3 is 0 Å². The second kappa shape index (κ2) is 4.83. The molecule has 3 nitrogen and oxygen atoms in total. The molecular weight excluding hydrogens is 210 g/mol. The standard InChI is InChI=1S/C11H21NO2S/c13-15(14,8-7-12-11-5-6-11)9-10-3-1-2-4-10/h10-12H,1-9H2. The summed E-state index contributed by atoms with van der Waals surface area (Å²) in [5.41, 5.74) is 0. The maximum atomic E-state index is 11.7. The van der Waals surface area contributed by atoms with E-state index in [-0.39, 0.29) is 0 Å². The first-order valence-electron chi connectivity index (χ1n) is 6.09. The second-order valence-electron chi connectivity index (χ2n) is 4.99. The van der Waals surface area contributed by atoms with Crippen LogP contribution in [0.1, 0.15) is 38.5 Å². The zero-order valence-electron chi connectivity index (χ0n) is 9.24. The van der Waals surface area contributed by atoms with E-state index in [2.05, 4.69) is 5.32 Å². The average molecular weight is 231 g/mol. The van der Waals surface area contributed by atoms with Crippen molar-refractivity contribution in [2.75, 3.05) is 18.1 Å². The molecule has 2 fully saturated rings. The molecule has 0 spiro atoms. The van der Waals surface area contributed by atoms with Crippen molar-refractivity contribution in [1.29, 1.82) is 0 Å². The molecule has 0 saturated heterocycles. The van der Waals surface area contributed by atoms with Gasteiger partial charge in [0.25, 0.3) is 0 Å². The summed E-state index contributed by atoms with van der Waals surface area (Å²) in [6, 6.07) is 0.617. The third-order valence-electron chi connectivity index (χ3n) is 3.39. The van der Waals surface area contributed by atoms with Crippen molar-refractivity contribution < 1.29 is 8.42 Å². The highest BCUT2D eigenvalue weighted by Gasteiger charge is 2.24. The quantitative estimate of drug-likeness (QED) is 0.750. The molecule has 0 bridgehead atoms. The van der Waals surface area contributed by atoms with E-state index in [1.807, 2.05) is 0 Å². The van der Waals surface area contributed by atoms with Crippen molar-refractivity contribution in [3.05, 3.63) is 0 Å². The molecule has 2 rings (SSSR count). The van der Waals surface area contributed by atoms with Crippen molar-refractivity contribution >= 4 is 9.84 Å². The molecule has 0 amide bonds. The average Bonchev–Trinajstić information content (AvgIpc) is 2.83. The van der Waals surface area contributed by atoms with Gasteiger partial charge in [-0.05, 0) is 31.6 Å². The van der Waals surface area contributed by atoms with Crippen LogP contribution in [0.15, 0.2) is 0 Å². The van der Waals surface area contributed by atoms with Gasteiger partial charge in [0.15, 0.2) is 9.84 Å². The van der Waals surface area contributed by atoms with E-state index < -0.39 is 9.84 Å². The van der Waals surface area contributed by atoms with Crippen LogP contribution in [0.5, 0.6) is 0 Å². The molecular formula is C11H21NO2S.